The molecule has 7 nitrogen and oxygen atoms in total. The molecule has 0 radical (unpaired) electrons. The number of ether oxygens (including phenoxy) is 1. The molecule has 1 aromatic heterocycles. The van der Waals surface area contributed by atoms with Crippen LogP contribution in [0.2, 0.25) is 0 Å². The van der Waals surface area contributed by atoms with Crippen molar-refractivity contribution < 1.29 is 17.9 Å². The van der Waals surface area contributed by atoms with Crippen molar-refractivity contribution >= 4 is 15.7 Å². The van der Waals surface area contributed by atoms with Gasteiger partial charge in [0, 0.05) is 31.7 Å². The monoisotopic (exact) mass is 439 g/mol. The molecule has 0 aliphatic carbocycles. The van der Waals surface area contributed by atoms with Crippen LogP contribution in [0.5, 0.6) is 5.75 Å². The fourth-order valence-electron chi connectivity index (χ4n) is 3.72. The van der Waals surface area contributed by atoms with Crippen LogP contribution in [0, 0.1) is 6.92 Å². The molecule has 31 heavy (non-hydrogen) atoms. The number of aryl methyl sites for hydroxylation is 1. The smallest absolute Gasteiger partial charge is 0.267 e. The van der Waals surface area contributed by atoms with Gasteiger partial charge >= 0.3 is 0 Å². The van der Waals surface area contributed by atoms with E-state index in [0.717, 1.165) is 36.3 Å². The standard InChI is InChI=1S/C23H25N3O4S/c1-15-11-18(30-2)5-8-22(15)31(28,29)19-6-3-16(4-7-19)13-25-23(27)21-12-17-14-24-10-9-20(17)26-21/h3-8,11-12,24,26H,9-10,13-14H2,1-2H3,(H,25,27). The van der Waals surface area contributed by atoms with Crippen LogP contribution in [0.3, 0.4) is 0 Å². The van der Waals surface area contributed by atoms with Crippen LogP contribution in [0.4, 0.5) is 0 Å². The Morgan fingerprint density at radius 3 is 2.58 bits per heavy atom. The average molecular weight is 440 g/mol. The fraction of sp³-hybridized carbons (Fsp3) is 0.261. The van der Waals surface area contributed by atoms with E-state index in [2.05, 4.69) is 15.6 Å². The number of amides is 1. The molecule has 1 aliphatic rings. The summed E-state index contributed by atoms with van der Waals surface area (Å²) < 4.78 is 31.1. The van der Waals surface area contributed by atoms with Gasteiger partial charge in [-0.15, -0.1) is 0 Å². The second kappa shape index (κ2) is 8.56. The lowest BCUT2D eigenvalue weighted by Crippen LogP contribution is -2.23. The number of methoxy groups -OCH3 is 1. The van der Waals surface area contributed by atoms with E-state index in [1.54, 1.807) is 56.5 Å². The first-order chi connectivity index (χ1) is 14.9. The summed E-state index contributed by atoms with van der Waals surface area (Å²) in [5, 5.41) is 6.16. The first kappa shape index (κ1) is 21.1. The van der Waals surface area contributed by atoms with E-state index in [4.69, 9.17) is 4.74 Å². The van der Waals surface area contributed by atoms with E-state index >= 15 is 0 Å². The molecule has 3 N–H and O–H groups in total. The number of rotatable bonds is 6. The Hall–Kier alpha value is -3.10. The lowest BCUT2D eigenvalue weighted by atomic mass is 10.1. The second-order valence-corrected chi connectivity index (χ2v) is 9.49. The zero-order chi connectivity index (χ0) is 22.0. The predicted octanol–water partition coefficient (Wildman–Crippen LogP) is 2.74. The van der Waals surface area contributed by atoms with Crippen LogP contribution >= 0.6 is 0 Å². The molecule has 1 aliphatic heterocycles. The van der Waals surface area contributed by atoms with Crippen molar-refractivity contribution in [2.24, 2.45) is 0 Å². The van der Waals surface area contributed by atoms with Gasteiger partial charge in [0.1, 0.15) is 11.4 Å². The Balaban J connectivity index is 1.44. The van der Waals surface area contributed by atoms with Crippen LogP contribution in [0.25, 0.3) is 0 Å². The van der Waals surface area contributed by atoms with Gasteiger partial charge in [0.15, 0.2) is 0 Å². The van der Waals surface area contributed by atoms with Crippen LogP contribution in [-0.2, 0) is 29.3 Å². The quantitative estimate of drug-likeness (QED) is 0.548. The minimum Gasteiger partial charge on any atom is -0.497 e. The molecule has 162 valence electrons. The fourth-order valence-corrected chi connectivity index (χ4v) is 5.20. The number of H-pyrrole nitrogens is 1. The number of carbonyl (C=O) groups is 1. The van der Waals surface area contributed by atoms with E-state index in [0.29, 0.717) is 23.6 Å². The number of aromatic amines is 1. The van der Waals surface area contributed by atoms with E-state index in [9.17, 15) is 13.2 Å². The second-order valence-electron chi connectivity index (χ2n) is 7.58. The summed E-state index contributed by atoms with van der Waals surface area (Å²) in [6.07, 6.45) is 0.881. The maximum Gasteiger partial charge on any atom is 0.267 e. The molecule has 2 heterocycles. The van der Waals surface area contributed by atoms with Gasteiger partial charge in [-0.25, -0.2) is 8.42 Å². The van der Waals surface area contributed by atoms with E-state index in [-0.39, 0.29) is 15.7 Å². The number of carbonyl (C=O) groups excluding carboxylic acids is 1. The van der Waals surface area contributed by atoms with E-state index in [1.807, 2.05) is 6.07 Å². The van der Waals surface area contributed by atoms with Crippen molar-refractivity contribution in [3.05, 3.63) is 76.6 Å². The van der Waals surface area contributed by atoms with Crippen molar-refractivity contribution in [2.45, 2.75) is 36.2 Å². The molecular weight excluding hydrogens is 414 g/mol. The van der Waals surface area contributed by atoms with Gasteiger partial charge in [0.25, 0.3) is 5.91 Å². The number of nitrogens with one attached hydrogen (secondary N) is 3. The average Bonchev–Trinajstić information content (AvgIpc) is 3.22. The van der Waals surface area contributed by atoms with Crippen LogP contribution in [0.15, 0.2) is 58.3 Å². The van der Waals surface area contributed by atoms with Gasteiger partial charge in [0.2, 0.25) is 9.84 Å². The minimum absolute atomic E-state index is 0.181. The topological polar surface area (TPSA) is 100 Å². The minimum atomic E-state index is -3.64. The SMILES string of the molecule is COc1ccc(S(=O)(=O)c2ccc(CNC(=O)c3cc4c([nH]3)CCNC4)cc2)c(C)c1. The first-order valence-electron chi connectivity index (χ1n) is 10.1. The Labute approximate surface area is 181 Å². The van der Waals surface area contributed by atoms with Crippen LogP contribution in [-0.4, -0.2) is 33.0 Å². The number of fused-ring (bicyclic) bond motifs is 1. The summed E-state index contributed by atoms with van der Waals surface area (Å²) >= 11 is 0. The van der Waals surface area contributed by atoms with Crippen molar-refractivity contribution in [1.82, 2.24) is 15.6 Å². The van der Waals surface area contributed by atoms with Crippen molar-refractivity contribution in [2.75, 3.05) is 13.7 Å². The van der Waals surface area contributed by atoms with Gasteiger partial charge in [-0.1, -0.05) is 12.1 Å². The third kappa shape index (κ3) is 4.35. The summed E-state index contributed by atoms with van der Waals surface area (Å²) in [6, 6.07) is 13.3. The maximum atomic E-state index is 13.0. The highest BCUT2D eigenvalue weighted by atomic mass is 32.2. The van der Waals surface area contributed by atoms with E-state index < -0.39 is 9.84 Å². The van der Waals surface area contributed by atoms with Gasteiger partial charge < -0.3 is 20.4 Å². The van der Waals surface area contributed by atoms with Gasteiger partial charge in [0.05, 0.1) is 16.9 Å². The van der Waals surface area contributed by atoms with Crippen molar-refractivity contribution in [3.63, 3.8) is 0 Å². The van der Waals surface area contributed by atoms with Gasteiger partial charge in [-0.3, -0.25) is 4.79 Å². The van der Waals surface area contributed by atoms with Crippen molar-refractivity contribution in [1.29, 1.82) is 0 Å². The molecular formula is C23H25N3O4S. The first-order valence-corrected chi connectivity index (χ1v) is 11.5. The third-order valence-corrected chi connectivity index (χ3v) is 7.39. The van der Waals surface area contributed by atoms with E-state index in [1.165, 1.54) is 0 Å². The molecule has 0 bridgehead atoms. The lowest BCUT2D eigenvalue weighted by Gasteiger charge is -2.11. The zero-order valence-electron chi connectivity index (χ0n) is 17.5. The highest BCUT2D eigenvalue weighted by molar-refractivity contribution is 7.91. The Morgan fingerprint density at radius 1 is 1.13 bits per heavy atom. The number of aromatic nitrogens is 1. The highest BCUT2D eigenvalue weighted by Gasteiger charge is 2.20. The number of hydrogen-bond donors (Lipinski definition) is 3. The molecule has 0 fully saturated rings. The van der Waals surface area contributed by atoms with Crippen molar-refractivity contribution in [3.8, 4) is 5.75 Å². The lowest BCUT2D eigenvalue weighted by molar-refractivity contribution is 0.0946. The number of sulfone groups is 1. The summed E-state index contributed by atoms with van der Waals surface area (Å²) in [4.78, 5) is 16.1. The van der Waals surface area contributed by atoms with Gasteiger partial charge in [-0.2, -0.15) is 0 Å². The molecule has 4 rings (SSSR count). The highest BCUT2D eigenvalue weighted by Crippen LogP contribution is 2.27. The molecule has 0 atom stereocenters. The van der Waals surface area contributed by atoms with Gasteiger partial charge in [-0.05, 0) is 60.0 Å². The normalized spacial score (nSPS) is 13.5. The maximum absolute atomic E-state index is 13.0. The molecule has 3 aromatic rings. The summed E-state index contributed by atoms with van der Waals surface area (Å²) in [5.74, 6) is 0.432. The Kier molecular flexibility index (Phi) is 5.84. The summed E-state index contributed by atoms with van der Waals surface area (Å²) in [5.41, 5.74) is 4.21. The molecule has 0 saturated carbocycles. The third-order valence-electron chi connectivity index (χ3n) is 5.46. The molecule has 2 aromatic carbocycles. The largest absolute Gasteiger partial charge is 0.497 e. The van der Waals surface area contributed by atoms with Crippen LogP contribution < -0.4 is 15.4 Å². The molecule has 8 heteroatoms. The molecule has 1 amide bonds. The number of hydrogen-bond acceptors (Lipinski definition) is 5. The Morgan fingerprint density at radius 2 is 1.90 bits per heavy atom. The Bertz CT molecular complexity index is 1190. The van der Waals surface area contributed by atoms with Crippen LogP contribution in [0.1, 0.15) is 32.9 Å². The summed E-state index contributed by atoms with van der Waals surface area (Å²) in [6.45, 7) is 3.72. The molecule has 0 unspecified atom stereocenters. The molecule has 0 spiro atoms. The zero-order valence-corrected chi connectivity index (χ0v) is 18.3. The molecule has 0 saturated heterocycles. The summed E-state index contributed by atoms with van der Waals surface area (Å²) in [7, 11) is -2.10. The predicted molar refractivity (Wildman–Crippen MR) is 117 cm³/mol. The number of benzene rings is 2.